The summed E-state index contributed by atoms with van der Waals surface area (Å²) in [6, 6.07) is 19.5. The van der Waals surface area contributed by atoms with Gasteiger partial charge in [0, 0.05) is 17.4 Å². The van der Waals surface area contributed by atoms with E-state index in [0.717, 1.165) is 0 Å². The summed E-state index contributed by atoms with van der Waals surface area (Å²) in [5.74, 6) is 0. The molecule has 2 aromatic carbocycles. The predicted octanol–water partition coefficient (Wildman–Crippen LogP) is 4.24. The van der Waals surface area contributed by atoms with E-state index in [9.17, 15) is 0 Å². The van der Waals surface area contributed by atoms with E-state index in [4.69, 9.17) is 0 Å². The van der Waals surface area contributed by atoms with Crippen LogP contribution < -0.4 is 4.90 Å². The summed E-state index contributed by atoms with van der Waals surface area (Å²) in [6.07, 6.45) is 4.45. The van der Waals surface area contributed by atoms with Gasteiger partial charge in [0.1, 0.15) is 0 Å². The van der Waals surface area contributed by atoms with E-state index in [1.165, 1.54) is 16.9 Å². The van der Waals surface area contributed by atoms with Crippen LogP contribution in [0.3, 0.4) is 0 Å². The zero-order valence-corrected chi connectivity index (χ0v) is 9.88. The molecule has 17 heavy (non-hydrogen) atoms. The van der Waals surface area contributed by atoms with Gasteiger partial charge in [-0.3, -0.25) is 0 Å². The van der Waals surface area contributed by atoms with Crippen molar-refractivity contribution < 1.29 is 0 Å². The Bertz CT molecular complexity index is 542. The quantitative estimate of drug-likeness (QED) is 0.696. The number of nitrogens with zero attached hydrogens (tertiary/aromatic N) is 1. The van der Waals surface area contributed by atoms with Crippen molar-refractivity contribution in [3.63, 3.8) is 0 Å². The Morgan fingerprint density at radius 3 is 2.41 bits per heavy atom. The van der Waals surface area contributed by atoms with Gasteiger partial charge in [-0.25, -0.2) is 0 Å². The maximum absolute atomic E-state index is 2.37. The Balaban J connectivity index is 2.13. The molecule has 3 rings (SSSR count). The molecule has 0 saturated heterocycles. The molecule has 1 nitrogen and oxygen atoms in total. The summed E-state index contributed by atoms with van der Waals surface area (Å²) < 4.78 is 0. The molecule has 1 heteroatoms. The van der Waals surface area contributed by atoms with Crippen LogP contribution in [-0.2, 0) is 0 Å². The average Bonchev–Trinajstić information content (AvgIpc) is 2.39. The molecule has 0 aliphatic carbocycles. The van der Waals surface area contributed by atoms with Gasteiger partial charge in [-0.1, -0.05) is 48.6 Å². The lowest BCUT2D eigenvalue weighted by Crippen LogP contribution is -2.29. The number of hydrogen-bond acceptors (Lipinski definition) is 1. The van der Waals surface area contributed by atoms with Crippen LogP contribution in [0.5, 0.6) is 0 Å². The minimum atomic E-state index is 0.396. The van der Waals surface area contributed by atoms with E-state index in [1.54, 1.807) is 0 Å². The van der Waals surface area contributed by atoms with Crippen molar-refractivity contribution in [2.75, 3.05) is 4.90 Å². The van der Waals surface area contributed by atoms with Crippen LogP contribution >= 0.6 is 0 Å². The highest BCUT2D eigenvalue weighted by Crippen LogP contribution is 2.34. The Kier molecular flexibility index (Phi) is 2.45. The summed E-state index contributed by atoms with van der Waals surface area (Å²) in [7, 11) is 0. The maximum Gasteiger partial charge on any atom is 0.0497 e. The summed E-state index contributed by atoms with van der Waals surface area (Å²) in [4.78, 5) is 2.37. The Hall–Kier alpha value is -2.02. The van der Waals surface area contributed by atoms with Crippen molar-refractivity contribution >= 4 is 17.5 Å². The first-order chi connectivity index (χ1) is 8.36. The molecule has 0 N–H and O–H groups in total. The molecule has 0 aromatic heterocycles. The normalized spacial score (nSPS) is 17.9. The molecule has 0 bridgehead atoms. The summed E-state index contributed by atoms with van der Waals surface area (Å²) >= 11 is 0. The van der Waals surface area contributed by atoms with Gasteiger partial charge in [-0.05, 0) is 30.7 Å². The SMILES string of the molecule is CC1C=Cc2ccccc2N1c1ccccc1. The zero-order valence-electron chi connectivity index (χ0n) is 9.88. The topological polar surface area (TPSA) is 3.24 Å². The fraction of sp³-hybridized carbons (Fsp3) is 0.125. The third-order valence-corrected chi connectivity index (χ3v) is 3.19. The lowest BCUT2D eigenvalue weighted by molar-refractivity contribution is 0.858. The Morgan fingerprint density at radius 1 is 0.882 bits per heavy atom. The molecular formula is C16H15N. The third-order valence-electron chi connectivity index (χ3n) is 3.19. The second-order valence-electron chi connectivity index (χ2n) is 4.36. The third kappa shape index (κ3) is 1.74. The van der Waals surface area contributed by atoms with Gasteiger partial charge in [0.05, 0.1) is 0 Å². The summed E-state index contributed by atoms with van der Waals surface area (Å²) in [5, 5.41) is 0. The van der Waals surface area contributed by atoms with E-state index < -0.39 is 0 Å². The maximum atomic E-state index is 2.37. The highest BCUT2D eigenvalue weighted by Gasteiger charge is 2.19. The molecule has 0 amide bonds. The molecule has 1 aliphatic rings. The van der Waals surface area contributed by atoms with Gasteiger partial charge in [-0.15, -0.1) is 0 Å². The number of fused-ring (bicyclic) bond motifs is 1. The molecule has 1 atom stereocenters. The van der Waals surface area contributed by atoms with E-state index >= 15 is 0 Å². The second-order valence-corrected chi connectivity index (χ2v) is 4.36. The highest BCUT2D eigenvalue weighted by atomic mass is 15.2. The van der Waals surface area contributed by atoms with Crippen molar-refractivity contribution in [3.05, 3.63) is 66.2 Å². The number of para-hydroxylation sites is 2. The molecule has 1 heterocycles. The minimum Gasteiger partial charge on any atom is -0.334 e. The lowest BCUT2D eigenvalue weighted by Gasteiger charge is -2.33. The molecule has 0 fully saturated rings. The highest BCUT2D eigenvalue weighted by molar-refractivity contribution is 5.78. The van der Waals surface area contributed by atoms with E-state index in [0.29, 0.717) is 6.04 Å². The fourth-order valence-electron chi connectivity index (χ4n) is 2.36. The molecule has 2 aromatic rings. The first kappa shape index (κ1) is 10.2. The van der Waals surface area contributed by atoms with E-state index in [-0.39, 0.29) is 0 Å². The van der Waals surface area contributed by atoms with Crippen LogP contribution in [0.15, 0.2) is 60.7 Å². The standard InChI is InChI=1S/C16H15N/c1-13-11-12-14-7-5-6-10-16(14)17(13)15-8-3-2-4-9-15/h2-13H,1H3. The molecule has 0 spiro atoms. The summed E-state index contributed by atoms with van der Waals surface area (Å²) in [6.45, 7) is 2.22. The molecule has 84 valence electrons. The van der Waals surface area contributed by atoms with Crippen molar-refractivity contribution in [1.29, 1.82) is 0 Å². The van der Waals surface area contributed by atoms with Gasteiger partial charge in [-0.2, -0.15) is 0 Å². The van der Waals surface area contributed by atoms with Crippen LogP contribution in [0.4, 0.5) is 11.4 Å². The molecule has 1 aliphatic heterocycles. The molecule has 0 radical (unpaired) electrons. The van der Waals surface area contributed by atoms with Crippen LogP contribution in [0.2, 0.25) is 0 Å². The monoisotopic (exact) mass is 221 g/mol. The zero-order chi connectivity index (χ0) is 11.7. The smallest absolute Gasteiger partial charge is 0.0497 e. The number of hydrogen-bond donors (Lipinski definition) is 0. The molecule has 0 saturated carbocycles. The van der Waals surface area contributed by atoms with Gasteiger partial charge in [0.15, 0.2) is 0 Å². The first-order valence-electron chi connectivity index (χ1n) is 5.98. The van der Waals surface area contributed by atoms with Crippen LogP contribution in [0, 0.1) is 0 Å². The van der Waals surface area contributed by atoms with Gasteiger partial charge in [0.2, 0.25) is 0 Å². The average molecular weight is 221 g/mol. The summed E-state index contributed by atoms with van der Waals surface area (Å²) in [5.41, 5.74) is 3.82. The lowest BCUT2D eigenvalue weighted by atomic mass is 10.0. The number of benzene rings is 2. The van der Waals surface area contributed by atoms with Gasteiger partial charge >= 0.3 is 0 Å². The van der Waals surface area contributed by atoms with Crippen LogP contribution in [0.1, 0.15) is 12.5 Å². The molecule has 1 unspecified atom stereocenters. The molecular weight excluding hydrogens is 206 g/mol. The van der Waals surface area contributed by atoms with Gasteiger partial charge in [0.25, 0.3) is 0 Å². The largest absolute Gasteiger partial charge is 0.334 e. The van der Waals surface area contributed by atoms with E-state index in [1.807, 2.05) is 0 Å². The number of rotatable bonds is 1. The van der Waals surface area contributed by atoms with Gasteiger partial charge < -0.3 is 4.90 Å². The predicted molar refractivity (Wildman–Crippen MR) is 73.5 cm³/mol. The van der Waals surface area contributed by atoms with Crippen molar-refractivity contribution in [1.82, 2.24) is 0 Å². The van der Waals surface area contributed by atoms with Crippen molar-refractivity contribution in [2.45, 2.75) is 13.0 Å². The Morgan fingerprint density at radius 2 is 1.59 bits per heavy atom. The number of anilines is 2. The Labute approximate surface area is 102 Å². The fourth-order valence-corrected chi connectivity index (χ4v) is 2.36. The van der Waals surface area contributed by atoms with Crippen molar-refractivity contribution in [3.8, 4) is 0 Å². The van der Waals surface area contributed by atoms with Crippen molar-refractivity contribution in [2.24, 2.45) is 0 Å². The second kappa shape index (κ2) is 4.10. The first-order valence-corrected chi connectivity index (χ1v) is 5.98. The van der Waals surface area contributed by atoms with E-state index in [2.05, 4.69) is 78.6 Å². The minimum absolute atomic E-state index is 0.396. The van der Waals surface area contributed by atoms with Crippen LogP contribution in [-0.4, -0.2) is 6.04 Å². The van der Waals surface area contributed by atoms with Crippen LogP contribution in [0.25, 0.3) is 6.08 Å².